The Labute approximate surface area is 120 Å². The zero-order valence-electron chi connectivity index (χ0n) is 10.9. The van der Waals surface area contributed by atoms with Crippen molar-refractivity contribution in [3.05, 3.63) is 69.3 Å². The first-order chi connectivity index (χ1) is 10.2. The van der Waals surface area contributed by atoms with Crippen LogP contribution < -0.4 is 4.74 Å². The molecule has 0 saturated heterocycles. The molecule has 0 spiro atoms. The van der Waals surface area contributed by atoms with Crippen LogP contribution in [0, 0.1) is 10.1 Å². The van der Waals surface area contributed by atoms with E-state index in [9.17, 15) is 19.7 Å². The van der Waals surface area contributed by atoms with Gasteiger partial charge >= 0.3 is 0 Å². The molecule has 2 aromatic carbocycles. The molecular weight excluding hydrogens is 274 g/mol. The number of rotatable bonds is 6. The van der Waals surface area contributed by atoms with Crippen LogP contribution in [0.1, 0.15) is 26.3 Å². The maximum Gasteiger partial charge on any atom is 0.269 e. The molecule has 0 aliphatic carbocycles. The van der Waals surface area contributed by atoms with Gasteiger partial charge in [0.1, 0.15) is 12.4 Å². The largest absolute Gasteiger partial charge is 0.487 e. The van der Waals surface area contributed by atoms with Crippen LogP contribution in [0.15, 0.2) is 42.5 Å². The van der Waals surface area contributed by atoms with Crippen molar-refractivity contribution in [1.29, 1.82) is 0 Å². The van der Waals surface area contributed by atoms with Crippen molar-refractivity contribution in [3.63, 3.8) is 0 Å². The number of hydrogen-bond acceptors (Lipinski definition) is 5. The van der Waals surface area contributed by atoms with E-state index in [1.165, 1.54) is 12.1 Å². The molecule has 0 aliphatic rings. The van der Waals surface area contributed by atoms with Crippen molar-refractivity contribution in [2.45, 2.75) is 6.61 Å². The smallest absolute Gasteiger partial charge is 0.269 e. The fourth-order valence-electron chi connectivity index (χ4n) is 1.80. The number of para-hydroxylation sites is 1. The number of nitro groups is 1. The molecule has 0 bridgehead atoms. The number of nitrogens with zero attached hydrogens (tertiary/aromatic N) is 1. The highest BCUT2D eigenvalue weighted by atomic mass is 16.6. The lowest BCUT2D eigenvalue weighted by Gasteiger charge is -2.10. The Kier molecular flexibility index (Phi) is 4.40. The Bertz CT molecular complexity index is 653. The summed E-state index contributed by atoms with van der Waals surface area (Å²) >= 11 is 0. The highest BCUT2D eigenvalue weighted by molar-refractivity contribution is 5.88. The lowest BCUT2D eigenvalue weighted by atomic mass is 10.1. The topological polar surface area (TPSA) is 86.5 Å². The van der Waals surface area contributed by atoms with Crippen LogP contribution in [0.4, 0.5) is 5.69 Å². The van der Waals surface area contributed by atoms with E-state index in [2.05, 4.69) is 0 Å². The summed E-state index contributed by atoms with van der Waals surface area (Å²) in [6, 6.07) is 10.5. The molecule has 6 nitrogen and oxygen atoms in total. The minimum Gasteiger partial charge on any atom is -0.487 e. The minimum atomic E-state index is -0.489. The number of ether oxygens (including phenoxy) is 1. The van der Waals surface area contributed by atoms with Crippen LogP contribution in [0.3, 0.4) is 0 Å². The van der Waals surface area contributed by atoms with E-state index in [4.69, 9.17) is 4.74 Å². The monoisotopic (exact) mass is 285 g/mol. The first-order valence-corrected chi connectivity index (χ1v) is 6.05. The minimum absolute atomic E-state index is 0.0133. The summed E-state index contributed by atoms with van der Waals surface area (Å²) in [7, 11) is 0. The molecule has 0 radical (unpaired) electrons. The van der Waals surface area contributed by atoms with E-state index in [0.717, 1.165) is 0 Å². The summed E-state index contributed by atoms with van der Waals surface area (Å²) < 4.78 is 5.50. The van der Waals surface area contributed by atoms with Gasteiger partial charge in [-0.05, 0) is 29.8 Å². The van der Waals surface area contributed by atoms with Gasteiger partial charge < -0.3 is 4.74 Å². The number of benzene rings is 2. The third-order valence-corrected chi connectivity index (χ3v) is 2.86. The second kappa shape index (κ2) is 6.42. The third kappa shape index (κ3) is 3.30. The molecule has 0 aliphatic heterocycles. The highest BCUT2D eigenvalue weighted by Crippen LogP contribution is 2.23. The van der Waals surface area contributed by atoms with Gasteiger partial charge in [-0.3, -0.25) is 19.7 Å². The predicted octanol–water partition coefficient (Wildman–Crippen LogP) is 2.80. The maximum atomic E-state index is 11.0. The number of carbonyl (C=O) groups excluding carboxylic acids is 2. The molecule has 0 amide bonds. The van der Waals surface area contributed by atoms with Crippen LogP contribution in [0.5, 0.6) is 5.75 Å². The van der Waals surface area contributed by atoms with Gasteiger partial charge in [-0.15, -0.1) is 0 Å². The molecule has 106 valence electrons. The molecule has 21 heavy (non-hydrogen) atoms. The predicted molar refractivity (Wildman–Crippen MR) is 74.6 cm³/mol. The van der Waals surface area contributed by atoms with Crippen molar-refractivity contribution < 1.29 is 19.2 Å². The van der Waals surface area contributed by atoms with Gasteiger partial charge in [0, 0.05) is 12.1 Å². The van der Waals surface area contributed by atoms with Gasteiger partial charge in [-0.1, -0.05) is 6.07 Å². The number of non-ortho nitro benzene ring substituents is 1. The van der Waals surface area contributed by atoms with Crippen molar-refractivity contribution in [2.24, 2.45) is 0 Å². The molecule has 2 aromatic rings. The first kappa shape index (κ1) is 14.4. The van der Waals surface area contributed by atoms with E-state index in [-0.39, 0.29) is 29.2 Å². The molecule has 0 aromatic heterocycles. The Morgan fingerprint density at radius 3 is 2.05 bits per heavy atom. The summed E-state index contributed by atoms with van der Waals surface area (Å²) in [5.74, 6) is 0.209. The van der Waals surface area contributed by atoms with Crippen molar-refractivity contribution in [1.82, 2.24) is 0 Å². The molecular formula is C15H11NO5. The lowest BCUT2D eigenvalue weighted by molar-refractivity contribution is -0.384. The van der Waals surface area contributed by atoms with Crippen LogP contribution in [0.2, 0.25) is 0 Å². The Hall–Kier alpha value is -3.02. The van der Waals surface area contributed by atoms with E-state index < -0.39 is 4.92 Å². The summed E-state index contributed by atoms with van der Waals surface area (Å²) in [4.78, 5) is 32.0. The third-order valence-electron chi connectivity index (χ3n) is 2.86. The van der Waals surface area contributed by atoms with Gasteiger partial charge in [0.05, 0.1) is 16.1 Å². The summed E-state index contributed by atoms with van der Waals surface area (Å²) in [5.41, 5.74) is 1.24. The standard InChI is InChI=1S/C15H11NO5/c17-8-12-2-1-3-13(9-18)15(12)21-10-11-4-6-14(7-5-11)16(19)20/h1-9H,10H2. The number of nitro benzene ring substituents is 1. The van der Waals surface area contributed by atoms with E-state index in [0.29, 0.717) is 18.1 Å². The molecule has 0 fully saturated rings. The fourth-order valence-corrected chi connectivity index (χ4v) is 1.80. The highest BCUT2D eigenvalue weighted by Gasteiger charge is 2.10. The summed E-state index contributed by atoms with van der Waals surface area (Å²) in [5, 5.41) is 10.6. The Morgan fingerprint density at radius 1 is 1.00 bits per heavy atom. The van der Waals surface area contributed by atoms with E-state index >= 15 is 0 Å². The zero-order valence-corrected chi connectivity index (χ0v) is 10.9. The number of carbonyl (C=O) groups is 2. The van der Waals surface area contributed by atoms with Gasteiger partial charge in [0.25, 0.3) is 5.69 Å². The molecule has 0 atom stereocenters. The zero-order chi connectivity index (χ0) is 15.2. The molecule has 2 rings (SSSR count). The average Bonchev–Trinajstić information content (AvgIpc) is 2.52. The Balaban J connectivity index is 2.18. The van der Waals surface area contributed by atoms with Crippen molar-refractivity contribution in [2.75, 3.05) is 0 Å². The number of hydrogen-bond donors (Lipinski definition) is 0. The van der Waals surface area contributed by atoms with Crippen LogP contribution in [-0.2, 0) is 6.61 Å². The van der Waals surface area contributed by atoms with Crippen molar-refractivity contribution >= 4 is 18.3 Å². The fraction of sp³-hybridized carbons (Fsp3) is 0.0667. The van der Waals surface area contributed by atoms with E-state index in [1.54, 1.807) is 30.3 Å². The summed E-state index contributed by atoms with van der Waals surface area (Å²) in [6.45, 7) is 0.101. The SMILES string of the molecule is O=Cc1cccc(C=O)c1OCc1ccc([N+](=O)[O-])cc1. The number of aldehydes is 2. The van der Waals surface area contributed by atoms with Gasteiger partial charge in [-0.2, -0.15) is 0 Å². The molecule has 0 unspecified atom stereocenters. The second-order valence-electron chi connectivity index (χ2n) is 4.21. The molecule has 0 heterocycles. The summed E-state index contributed by atoms with van der Waals surface area (Å²) in [6.07, 6.45) is 1.22. The van der Waals surface area contributed by atoms with Gasteiger partial charge in [-0.25, -0.2) is 0 Å². The Morgan fingerprint density at radius 2 is 1.57 bits per heavy atom. The van der Waals surface area contributed by atoms with Gasteiger partial charge in [0.15, 0.2) is 12.6 Å². The lowest BCUT2D eigenvalue weighted by Crippen LogP contribution is -2.01. The average molecular weight is 285 g/mol. The normalized spacial score (nSPS) is 9.90. The quantitative estimate of drug-likeness (QED) is 0.462. The van der Waals surface area contributed by atoms with E-state index in [1.807, 2.05) is 0 Å². The first-order valence-electron chi connectivity index (χ1n) is 6.05. The van der Waals surface area contributed by atoms with Gasteiger partial charge in [0.2, 0.25) is 0 Å². The molecule has 6 heteroatoms. The van der Waals surface area contributed by atoms with Crippen molar-refractivity contribution in [3.8, 4) is 5.75 Å². The van der Waals surface area contributed by atoms with Crippen LogP contribution >= 0.6 is 0 Å². The van der Waals surface area contributed by atoms with Crippen LogP contribution in [-0.4, -0.2) is 17.5 Å². The molecule has 0 N–H and O–H groups in total. The molecule has 0 saturated carbocycles. The second-order valence-corrected chi connectivity index (χ2v) is 4.21. The van der Waals surface area contributed by atoms with Crippen LogP contribution in [0.25, 0.3) is 0 Å². The maximum absolute atomic E-state index is 11.0.